The van der Waals surface area contributed by atoms with E-state index in [-0.39, 0.29) is 5.56 Å². The molecule has 0 saturated heterocycles. The standard InChI is InChI=1S/C12H15N3O/c1-9-14-11-6-3-2-5-10(11)12(16)15(9)8-4-7-13/h2-3,5-6H,4,7-8,13H2,1H3. The highest BCUT2D eigenvalue weighted by atomic mass is 16.1. The number of hydrogen-bond donors (Lipinski definition) is 1. The van der Waals surface area contributed by atoms with E-state index in [9.17, 15) is 4.79 Å². The number of aryl methyl sites for hydroxylation is 1. The number of nitrogens with zero attached hydrogens (tertiary/aromatic N) is 2. The molecule has 0 saturated carbocycles. The van der Waals surface area contributed by atoms with E-state index in [4.69, 9.17) is 5.73 Å². The molecule has 0 aliphatic carbocycles. The van der Waals surface area contributed by atoms with Crippen molar-refractivity contribution in [2.45, 2.75) is 19.9 Å². The van der Waals surface area contributed by atoms with Crippen molar-refractivity contribution in [3.05, 3.63) is 40.4 Å². The van der Waals surface area contributed by atoms with Crippen molar-refractivity contribution in [2.24, 2.45) is 5.73 Å². The largest absolute Gasteiger partial charge is 0.330 e. The maximum Gasteiger partial charge on any atom is 0.261 e. The summed E-state index contributed by atoms with van der Waals surface area (Å²) in [6.45, 7) is 3.07. The van der Waals surface area contributed by atoms with Gasteiger partial charge in [0.15, 0.2) is 0 Å². The normalized spacial score (nSPS) is 10.9. The maximum absolute atomic E-state index is 12.1. The van der Waals surface area contributed by atoms with Crippen LogP contribution in [0.2, 0.25) is 0 Å². The summed E-state index contributed by atoms with van der Waals surface area (Å²) in [6.07, 6.45) is 0.792. The van der Waals surface area contributed by atoms with Crippen molar-refractivity contribution in [2.75, 3.05) is 6.54 Å². The van der Waals surface area contributed by atoms with Gasteiger partial charge in [0, 0.05) is 6.54 Å². The number of fused-ring (bicyclic) bond motifs is 1. The predicted molar refractivity (Wildman–Crippen MR) is 64.4 cm³/mol. The molecule has 1 heterocycles. The van der Waals surface area contributed by atoms with Crippen molar-refractivity contribution in [3.8, 4) is 0 Å². The van der Waals surface area contributed by atoms with Gasteiger partial charge >= 0.3 is 0 Å². The molecule has 4 heteroatoms. The van der Waals surface area contributed by atoms with E-state index in [2.05, 4.69) is 4.98 Å². The van der Waals surface area contributed by atoms with Gasteiger partial charge in [0.2, 0.25) is 0 Å². The average Bonchev–Trinajstić information content (AvgIpc) is 2.29. The number of benzene rings is 1. The summed E-state index contributed by atoms with van der Waals surface area (Å²) in [5.41, 5.74) is 6.24. The SMILES string of the molecule is Cc1nc2ccccc2c(=O)n1CCCN. The number of hydrogen-bond acceptors (Lipinski definition) is 3. The van der Waals surface area contributed by atoms with Crippen molar-refractivity contribution in [3.63, 3.8) is 0 Å². The molecule has 0 bridgehead atoms. The van der Waals surface area contributed by atoms with Crippen LogP contribution in [0.15, 0.2) is 29.1 Å². The first-order chi connectivity index (χ1) is 7.74. The minimum absolute atomic E-state index is 0.0246. The fourth-order valence-electron chi connectivity index (χ4n) is 1.79. The molecule has 2 aromatic rings. The first-order valence-electron chi connectivity index (χ1n) is 5.40. The van der Waals surface area contributed by atoms with Gasteiger partial charge < -0.3 is 5.73 Å². The van der Waals surface area contributed by atoms with Crippen LogP contribution in [-0.2, 0) is 6.54 Å². The summed E-state index contributed by atoms with van der Waals surface area (Å²) in [7, 11) is 0. The molecule has 4 nitrogen and oxygen atoms in total. The minimum Gasteiger partial charge on any atom is -0.330 e. The summed E-state index contributed by atoms with van der Waals surface area (Å²) in [4.78, 5) is 16.5. The second kappa shape index (κ2) is 4.45. The quantitative estimate of drug-likeness (QED) is 0.836. The molecule has 16 heavy (non-hydrogen) atoms. The maximum atomic E-state index is 12.1. The third kappa shape index (κ3) is 1.84. The summed E-state index contributed by atoms with van der Waals surface area (Å²) in [5, 5.41) is 0.671. The van der Waals surface area contributed by atoms with Crippen molar-refractivity contribution >= 4 is 10.9 Å². The number of aromatic nitrogens is 2. The molecule has 0 atom stereocenters. The summed E-state index contributed by atoms with van der Waals surface area (Å²) in [5.74, 6) is 0.747. The minimum atomic E-state index is 0.0246. The van der Waals surface area contributed by atoms with Crippen molar-refractivity contribution < 1.29 is 0 Å². The Labute approximate surface area is 93.7 Å². The number of nitrogens with two attached hydrogens (primary N) is 1. The number of para-hydroxylation sites is 1. The van der Waals surface area contributed by atoms with Gasteiger partial charge in [-0.3, -0.25) is 9.36 Å². The van der Waals surface area contributed by atoms with Crippen LogP contribution in [0.3, 0.4) is 0 Å². The van der Waals surface area contributed by atoms with E-state index in [0.29, 0.717) is 18.5 Å². The monoisotopic (exact) mass is 217 g/mol. The van der Waals surface area contributed by atoms with Crippen LogP contribution in [0.1, 0.15) is 12.2 Å². The highest BCUT2D eigenvalue weighted by Crippen LogP contribution is 2.07. The lowest BCUT2D eigenvalue weighted by Gasteiger charge is -2.09. The Morgan fingerprint density at radius 1 is 1.38 bits per heavy atom. The van der Waals surface area contributed by atoms with E-state index < -0.39 is 0 Å². The van der Waals surface area contributed by atoms with E-state index in [1.54, 1.807) is 4.57 Å². The Balaban J connectivity index is 2.61. The van der Waals surface area contributed by atoms with Crippen LogP contribution >= 0.6 is 0 Å². The molecule has 0 aliphatic heterocycles. The smallest absolute Gasteiger partial charge is 0.261 e. The summed E-state index contributed by atoms with van der Waals surface area (Å²) < 4.78 is 1.69. The lowest BCUT2D eigenvalue weighted by molar-refractivity contribution is 0.605. The van der Waals surface area contributed by atoms with Gasteiger partial charge in [-0.25, -0.2) is 4.98 Å². The number of rotatable bonds is 3. The molecular weight excluding hydrogens is 202 g/mol. The molecule has 0 aliphatic rings. The highest BCUT2D eigenvalue weighted by molar-refractivity contribution is 5.77. The lowest BCUT2D eigenvalue weighted by atomic mass is 10.2. The van der Waals surface area contributed by atoms with Gasteiger partial charge in [-0.15, -0.1) is 0 Å². The van der Waals surface area contributed by atoms with E-state index in [1.807, 2.05) is 31.2 Å². The van der Waals surface area contributed by atoms with Gasteiger partial charge in [-0.05, 0) is 32.0 Å². The second-order valence-electron chi connectivity index (χ2n) is 3.78. The van der Waals surface area contributed by atoms with Gasteiger partial charge in [-0.2, -0.15) is 0 Å². The Kier molecular flexibility index (Phi) is 3.01. The first-order valence-corrected chi connectivity index (χ1v) is 5.40. The first kappa shape index (κ1) is 10.8. The van der Waals surface area contributed by atoms with E-state index >= 15 is 0 Å². The molecule has 84 valence electrons. The predicted octanol–water partition coefficient (Wildman–Crippen LogP) is 1.05. The topological polar surface area (TPSA) is 60.9 Å². The van der Waals surface area contributed by atoms with Crippen LogP contribution in [0.5, 0.6) is 0 Å². The Bertz CT molecular complexity index is 560. The molecule has 0 unspecified atom stereocenters. The summed E-state index contributed by atoms with van der Waals surface area (Å²) >= 11 is 0. The molecule has 2 N–H and O–H groups in total. The molecule has 0 amide bonds. The molecule has 1 aromatic carbocycles. The fourth-order valence-corrected chi connectivity index (χ4v) is 1.79. The zero-order valence-electron chi connectivity index (χ0n) is 9.31. The zero-order chi connectivity index (χ0) is 11.5. The van der Waals surface area contributed by atoms with E-state index in [0.717, 1.165) is 17.8 Å². The molecule has 0 spiro atoms. The van der Waals surface area contributed by atoms with E-state index in [1.165, 1.54) is 0 Å². The molecular formula is C12H15N3O. The van der Waals surface area contributed by atoms with Crippen LogP contribution in [0, 0.1) is 6.92 Å². The fraction of sp³-hybridized carbons (Fsp3) is 0.333. The van der Waals surface area contributed by atoms with Crippen LogP contribution in [-0.4, -0.2) is 16.1 Å². The molecule has 2 rings (SSSR count). The average molecular weight is 217 g/mol. The van der Waals surface area contributed by atoms with Crippen LogP contribution in [0.25, 0.3) is 10.9 Å². The van der Waals surface area contributed by atoms with Gasteiger partial charge in [0.1, 0.15) is 5.82 Å². The Morgan fingerprint density at radius 2 is 2.12 bits per heavy atom. The molecule has 0 fully saturated rings. The lowest BCUT2D eigenvalue weighted by Crippen LogP contribution is -2.25. The van der Waals surface area contributed by atoms with Crippen molar-refractivity contribution in [1.82, 2.24) is 9.55 Å². The van der Waals surface area contributed by atoms with Gasteiger partial charge in [0.25, 0.3) is 5.56 Å². The second-order valence-corrected chi connectivity index (χ2v) is 3.78. The van der Waals surface area contributed by atoms with Crippen molar-refractivity contribution in [1.29, 1.82) is 0 Å². The summed E-state index contributed by atoms with van der Waals surface area (Å²) in [6, 6.07) is 7.41. The zero-order valence-corrected chi connectivity index (χ0v) is 9.31. The van der Waals surface area contributed by atoms with Gasteiger partial charge in [0.05, 0.1) is 10.9 Å². The third-order valence-corrected chi connectivity index (χ3v) is 2.64. The highest BCUT2D eigenvalue weighted by Gasteiger charge is 2.06. The molecule has 1 aromatic heterocycles. The Hall–Kier alpha value is -1.68. The molecule has 0 radical (unpaired) electrons. The van der Waals surface area contributed by atoms with Crippen LogP contribution in [0.4, 0.5) is 0 Å². The third-order valence-electron chi connectivity index (χ3n) is 2.64. The Morgan fingerprint density at radius 3 is 2.88 bits per heavy atom. The van der Waals surface area contributed by atoms with Gasteiger partial charge in [-0.1, -0.05) is 12.1 Å². The van der Waals surface area contributed by atoms with Crippen LogP contribution < -0.4 is 11.3 Å².